The molecule has 5 rings (SSSR count). The second-order valence-electron chi connectivity index (χ2n) is 7.60. The number of benzene rings is 2. The maximum absolute atomic E-state index is 12.9. The fourth-order valence-electron chi connectivity index (χ4n) is 3.92. The number of amides is 1. The van der Waals surface area contributed by atoms with Crippen LogP contribution in [0.3, 0.4) is 0 Å². The molecule has 10 heteroatoms. The highest BCUT2D eigenvalue weighted by atomic mass is 79.9. The maximum Gasteiger partial charge on any atom is 0.314 e. The van der Waals surface area contributed by atoms with E-state index in [-0.39, 0.29) is 10.7 Å². The lowest BCUT2D eigenvalue weighted by Crippen LogP contribution is -2.40. The molecule has 2 aliphatic rings. The lowest BCUT2D eigenvalue weighted by atomic mass is 10.1. The molecule has 0 aliphatic carbocycles. The second kappa shape index (κ2) is 8.86. The van der Waals surface area contributed by atoms with Crippen molar-refractivity contribution in [3.8, 4) is 0 Å². The first kappa shape index (κ1) is 22.0. The lowest BCUT2D eigenvalue weighted by molar-refractivity contribution is 0.0730. The van der Waals surface area contributed by atoms with Crippen LogP contribution in [-0.4, -0.2) is 50.8 Å². The minimum absolute atomic E-state index is 0.130. The molecule has 3 heterocycles. The highest BCUT2D eigenvalue weighted by Gasteiger charge is 2.30. The molecule has 3 aromatic rings. The quantitative estimate of drug-likeness (QED) is 0.511. The SMILES string of the molecule is O=C(N=C1c2ccccc2CN1c1ccc(S(=O)(=O)N2CCOCC2)cc1)c1ccc(Br)o1. The number of hydrogen-bond acceptors (Lipinski definition) is 5. The Balaban J connectivity index is 1.47. The summed E-state index contributed by atoms with van der Waals surface area (Å²) in [6.45, 7) is 1.98. The number of rotatable bonds is 4. The van der Waals surface area contributed by atoms with Crippen LogP contribution in [0, 0.1) is 0 Å². The van der Waals surface area contributed by atoms with Crippen LogP contribution in [0.15, 0.2) is 79.6 Å². The van der Waals surface area contributed by atoms with Crippen molar-refractivity contribution in [2.24, 2.45) is 4.99 Å². The number of halogens is 1. The van der Waals surface area contributed by atoms with Gasteiger partial charge in [0.15, 0.2) is 10.4 Å². The third-order valence-corrected chi connectivity index (χ3v) is 7.93. The molecule has 0 unspecified atom stereocenters. The predicted molar refractivity (Wildman–Crippen MR) is 126 cm³/mol. The smallest absolute Gasteiger partial charge is 0.314 e. The minimum Gasteiger partial charge on any atom is -0.444 e. The van der Waals surface area contributed by atoms with Crippen LogP contribution in [0.5, 0.6) is 0 Å². The van der Waals surface area contributed by atoms with E-state index in [1.54, 1.807) is 36.4 Å². The fraction of sp³-hybridized carbons (Fsp3) is 0.217. The lowest BCUT2D eigenvalue weighted by Gasteiger charge is -2.26. The Labute approximate surface area is 199 Å². The highest BCUT2D eigenvalue weighted by Crippen LogP contribution is 2.30. The summed E-state index contributed by atoms with van der Waals surface area (Å²) in [5.41, 5.74) is 2.61. The van der Waals surface area contributed by atoms with Gasteiger partial charge in [0.05, 0.1) is 24.7 Å². The number of fused-ring (bicyclic) bond motifs is 1. The molecular weight excluding hydrogens is 510 g/mol. The number of furan rings is 1. The molecule has 1 amide bonds. The summed E-state index contributed by atoms with van der Waals surface area (Å²) >= 11 is 3.20. The first-order valence-electron chi connectivity index (χ1n) is 10.4. The highest BCUT2D eigenvalue weighted by molar-refractivity contribution is 9.10. The van der Waals surface area contributed by atoms with Gasteiger partial charge in [0.1, 0.15) is 5.84 Å². The molecule has 0 spiro atoms. The van der Waals surface area contributed by atoms with Crippen molar-refractivity contribution in [2.45, 2.75) is 11.4 Å². The molecule has 8 nitrogen and oxygen atoms in total. The molecule has 1 saturated heterocycles. The number of carbonyl (C=O) groups is 1. The zero-order valence-corrected chi connectivity index (χ0v) is 19.9. The van der Waals surface area contributed by atoms with Gasteiger partial charge in [-0.15, -0.1) is 0 Å². The Kier molecular flexibility index (Phi) is 5.92. The van der Waals surface area contributed by atoms with Gasteiger partial charge in [0, 0.05) is 24.3 Å². The van der Waals surface area contributed by atoms with Crippen LogP contribution < -0.4 is 4.90 Å². The standard InChI is InChI=1S/C23H20BrN3O5S/c24-21-10-9-20(32-21)23(28)25-22-19-4-2-1-3-16(19)15-27(22)17-5-7-18(8-6-17)33(29,30)26-11-13-31-14-12-26/h1-10H,11-15H2. The molecule has 170 valence electrons. The number of nitrogens with zero attached hydrogens (tertiary/aromatic N) is 3. The zero-order valence-electron chi connectivity index (χ0n) is 17.5. The monoisotopic (exact) mass is 529 g/mol. The van der Waals surface area contributed by atoms with Gasteiger partial charge in [0.2, 0.25) is 10.0 Å². The van der Waals surface area contributed by atoms with Crippen LogP contribution in [-0.2, 0) is 21.3 Å². The van der Waals surface area contributed by atoms with Crippen LogP contribution in [0.4, 0.5) is 5.69 Å². The Morgan fingerprint density at radius 1 is 0.970 bits per heavy atom. The van der Waals surface area contributed by atoms with Gasteiger partial charge in [-0.25, -0.2) is 8.42 Å². The number of amidine groups is 1. The van der Waals surface area contributed by atoms with Gasteiger partial charge >= 0.3 is 5.91 Å². The van der Waals surface area contributed by atoms with Crippen molar-refractivity contribution >= 4 is 43.4 Å². The fourth-order valence-corrected chi connectivity index (χ4v) is 5.63. The zero-order chi connectivity index (χ0) is 23.0. The van der Waals surface area contributed by atoms with E-state index < -0.39 is 15.9 Å². The van der Waals surface area contributed by atoms with E-state index >= 15 is 0 Å². The van der Waals surface area contributed by atoms with E-state index in [1.807, 2.05) is 29.2 Å². The summed E-state index contributed by atoms with van der Waals surface area (Å²) in [4.78, 5) is 19.2. The topological polar surface area (TPSA) is 92.4 Å². The molecule has 1 fully saturated rings. The van der Waals surface area contributed by atoms with Gasteiger partial charge in [0.25, 0.3) is 0 Å². The molecule has 0 saturated carbocycles. The molecule has 2 aliphatic heterocycles. The van der Waals surface area contributed by atoms with Gasteiger partial charge in [-0.1, -0.05) is 24.3 Å². The van der Waals surface area contributed by atoms with Gasteiger partial charge in [-0.05, 0) is 57.9 Å². The average Bonchev–Trinajstić information content (AvgIpc) is 3.44. The summed E-state index contributed by atoms with van der Waals surface area (Å²) < 4.78 is 38.4. The van der Waals surface area contributed by atoms with Gasteiger partial charge in [-0.2, -0.15) is 9.30 Å². The second-order valence-corrected chi connectivity index (χ2v) is 10.3. The van der Waals surface area contributed by atoms with Crippen molar-refractivity contribution in [3.63, 3.8) is 0 Å². The van der Waals surface area contributed by atoms with E-state index in [4.69, 9.17) is 9.15 Å². The number of carbonyl (C=O) groups excluding carboxylic acids is 1. The van der Waals surface area contributed by atoms with Crippen LogP contribution in [0.1, 0.15) is 21.7 Å². The number of aliphatic imine (C=N–C) groups is 1. The summed E-state index contributed by atoms with van der Waals surface area (Å²) in [7, 11) is -3.59. The Morgan fingerprint density at radius 2 is 1.70 bits per heavy atom. The Morgan fingerprint density at radius 3 is 2.39 bits per heavy atom. The molecule has 33 heavy (non-hydrogen) atoms. The normalized spacial score (nSPS) is 18.0. The van der Waals surface area contributed by atoms with Crippen molar-refractivity contribution in [3.05, 3.63) is 82.2 Å². The Hall–Kier alpha value is -2.79. The average molecular weight is 530 g/mol. The summed E-state index contributed by atoms with van der Waals surface area (Å²) in [6.07, 6.45) is 0. The summed E-state index contributed by atoms with van der Waals surface area (Å²) in [5, 5.41) is 0. The molecular formula is C23H20BrN3O5S. The first-order valence-corrected chi connectivity index (χ1v) is 12.6. The number of hydrogen-bond donors (Lipinski definition) is 0. The molecule has 0 radical (unpaired) electrons. The van der Waals surface area contributed by atoms with Crippen molar-refractivity contribution in [1.29, 1.82) is 0 Å². The maximum atomic E-state index is 12.9. The van der Waals surface area contributed by atoms with E-state index in [1.165, 1.54) is 4.31 Å². The molecule has 0 N–H and O–H groups in total. The summed E-state index contributed by atoms with van der Waals surface area (Å²) in [5.74, 6) is 0.126. The third kappa shape index (κ3) is 4.26. The van der Waals surface area contributed by atoms with E-state index in [9.17, 15) is 13.2 Å². The molecule has 0 bridgehead atoms. The first-order chi connectivity index (χ1) is 15.9. The third-order valence-electron chi connectivity index (χ3n) is 5.59. The number of sulfonamides is 1. The minimum atomic E-state index is -3.59. The van der Waals surface area contributed by atoms with Crippen molar-refractivity contribution in [1.82, 2.24) is 4.31 Å². The van der Waals surface area contributed by atoms with E-state index in [0.717, 1.165) is 16.8 Å². The van der Waals surface area contributed by atoms with Gasteiger partial charge < -0.3 is 14.1 Å². The number of anilines is 1. The summed E-state index contributed by atoms with van der Waals surface area (Å²) in [6, 6.07) is 17.6. The van der Waals surface area contributed by atoms with Crippen LogP contribution in [0.2, 0.25) is 0 Å². The molecule has 0 atom stereocenters. The van der Waals surface area contributed by atoms with Crippen LogP contribution in [0.25, 0.3) is 0 Å². The number of morpholine rings is 1. The largest absolute Gasteiger partial charge is 0.444 e. The Bertz CT molecular complexity index is 1330. The predicted octanol–water partition coefficient (Wildman–Crippen LogP) is 3.67. The van der Waals surface area contributed by atoms with E-state index in [0.29, 0.717) is 43.4 Å². The molecule has 2 aromatic carbocycles. The number of ether oxygens (including phenoxy) is 1. The van der Waals surface area contributed by atoms with Crippen LogP contribution >= 0.6 is 15.9 Å². The van der Waals surface area contributed by atoms with E-state index in [2.05, 4.69) is 20.9 Å². The van der Waals surface area contributed by atoms with Gasteiger partial charge in [-0.3, -0.25) is 4.79 Å². The van der Waals surface area contributed by atoms with Crippen molar-refractivity contribution < 1.29 is 22.4 Å². The molecule has 1 aromatic heterocycles. The van der Waals surface area contributed by atoms with Crippen molar-refractivity contribution in [2.75, 3.05) is 31.2 Å².